The van der Waals surface area contributed by atoms with E-state index in [0.29, 0.717) is 11.9 Å². The lowest BCUT2D eigenvalue weighted by Gasteiger charge is -2.07. The predicted octanol–water partition coefficient (Wildman–Crippen LogP) is 1.79. The molecule has 2 fully saturated rings. The maximum absolute atomic E-state index is 12.0. The molecule has 2 saturated carbocycles. The molecule has 4 nitrogen and oxygen atoms in total. The minimum absolute atomic E-state index is 0.0424. The third-order valence-electron chi connectivity index (χ3n) is 3.35. The molecule has 0 radical (unpaired) electrons. The first-order chi connectivity index (χ1) is 7.84. The summed E-state index contributed by atoms with van der Waals surface area (Å²) >= 11 is 0. The van der Waals surface area contributed by atoms with Gasteiger partial charge in [0.05, 0.1) is 0 Å². The zero-order valence-electron chi connectivity index (χ0n) is 9.35. The quantitative estimate of drug-likeness (QED) is 0.821. The summed E-state index contributed by atoms with van der Waals surface area (Å²) in [7, 11) is 0. The van der Waals surface area contributed by atoms with Crippen LogP contribution in [-0.4, -0.2) is 16.1 Å². The fourth-order valence-electron chi connectivity index (χ4n) is 1.99. The van der Waals surface area contributed by atoms with Gasteiger partial charge < -0.3 is 9.88 Å². The Morgan fingerprint density at radius 1 is 1.38 bits per heavy atom. The summed E-state index contributed by atoms with van der Waals surface area (Å²) in [6.45, 7) is 0.877. The van der Waals surface area contributed by atoms with Gasteiger partial charge in [-0.15, -0.1) is 0 Å². The molecule has 1 heterocycles. The van der Waals surface area contributed by atoms with E-state index in [1.54, 1.807) is 12.4 Å². The molecule has 2 aliphatic rings. The minimum atomic E-state index is 0.0424. The Bertz CT molecular complexity index is 432. The third kappa shape index (κ3) is 2.10. The number of nitrogens with zero attached hydrogens (tertiary/aromatic N) is 2. The number of hydrogen-bond donors (Lipinski definition) is 1. The molecule has 1 aromatic rings. The van der Waals surface area contributed by atoms with Crippen LogP contribution in [0.25, 0.3) is 0 Å². The van der Waals surface area contributed by atoms with Crippen molar-refractivity contribution in [1.29, 1.82) is 0 Å². The minimum Gasteiger partial charge on any atom is -0.365 e. The van der Waals surface area contributed by atoms with Gasteiger partial charge in [-0.2, -0.15) is 0 Å². The van der Waals surface area contributed by atoms with Crippen LogP contribution in [0.3, 0.4) is 0 Å². The lowest BCUT2D eigenvalue weighted by molar-refractivity contribution is 0.695. The van der Waals surface area contributed by atoms with E-state index in [1.807, 2.05) is 4.57 Å². The van der Waals surface area contributed by atoms with Crippen molar-refractivity contribution in [3.8, 4) is 0 Å². The molecule has 16 heavy (non-hydrogen) atoms. The van der Waals surface area contributed by atoms with Gasteiger partial charge in [0.2, 0.25) is 0 Å². The van der Waals surface area contributed by atoms with E-state index >= 15 is 0 Å². The largest absolute Gasteiger partial charge is 0.365 e. The molecule has 0 spiro atoms. The summed E-state index contributed by atoms with van der Waals surface area (Å²) in [6, 6.07) is 0.430. The van der Waals surface area contributed by atoms with Crippen LogP contribution in [0.15, 0.2) is 17.2 Å². The number of nitrogens with one attached hydrogen (secondary N) is 1. The summed E-state index contributed by atoms with van der Waals surface area (Å²) < 4.78 is 1.81. The standard InChI is InChI=1S/C12H17N3O/c16-12-11(13-6-5-9-1-2-9)14-7-8-15(12)10-3-4-10/h7-10H,1-6H2,(H,13,14). The lowest BCUT2D eigenvalue weighted by Crippen LogP contribution is -2.24. The first-order valence-electron chi connectivity index (χ1n) is 6.15. The molecular weight excluding hydrogens is 202 g/mol. The normalized spacial score (nSPS) is 19.8. The van der Waals surface area contributed by atoms with Gasteiger partial charge in [-0.25, -0.2) is 4.98 Å². The smallest absolute Gasteiger partial charge is 0.293 e. The van der Waals surface area contributed by atoms with Crippen LogP contribution >= 0.6 is 0 Å². The van der Waals surface area contributed by atoms with Gasteiger partial charge in [0.15, 0.2) is 5.82 Å². The zero-order chi connectivity index (χ0) is 11.0. The van der Waals surface area contributed by atoms with E-state index in [0.717, 1.165) is 25.3 Å². The molecule has 1 N–H and O–H groups in total. The molecule has 4 heteroatoms. The van der Waals surface area contributed by atoms with Crippen molar-refractivity contribution in [3.63, 3.8) is 0 Å². The van der Waals surface area contributed by atoms with Crippen molar-refractivity contribution in [3.05, 3.63) is 22.7 Å². The summed E-state index contributed by atoms with van der Waals surface area (Å²) in [5.74, 6) is 1.41. The summed E-state index contributed by atoms with van der Waals surface area (Å²) in [4.78, 5) is 16.1. The third-order valence-corrected chi connectivity index (χ3v) is 3.35. The number of anilines is 1. The first-order valence-corrected chi connectivity index (χ1v) is 6.15. The van der Waals surface area contributed by atoms with E-state index in [1.165, 1.54) is 19.3 Å². The number of hydrogen-bond acceptors (Lipinski definition) is 3. The fourth-order valence-corrected chi connectivity index (χ4v) is 1.99. The van der Waals surface area contributed by atoms with Gasteiger partial charge in [0.25, 0.3) is 5.56 Å². The maximum Gasteiger partial charge on any atom is 0.293 e. The maximum atomic E-state index is 12.0. The van der Waals surface area contributed by atoms with Gasteiger partial charge in [0, 0.05) is 25.0 Å². The van der Waals surface area contributed by atoms with Crippen LogP contribution in [0.5, 0.6) is 0 Å². The van der Waals surface area contributed by atoms with Crippen LogP contribution in [-0.2, 0) is 0 Å². The van der Waals surface area contributed by atoms with E-state index in [2.05, 4.69) is 10.3 Å². The second kappa shape index (κ2) is 3.92. The molecule has 0 atom stereocenters. The molecular formula is C12H17N3O. The molecule has 0 saturated heterocycles. The first kappa shape index (κ1) is 9.87. The Kier molecular flexibility index (Phi) is 2.42. The molecule has 86 valence electrons. The molecule has 0 bridgehead atoms. The Labute approximate surface area is 94.7 Å². The molecule has 0 unspecified atom stereocenters. The molecule has 1 aromatic heterocycles. The molecule has 3 rings (SSSR count). The van der Waals surface area contributed by atoms with Crippen LogP contribution in [0.1, 0.15) is 38.1 Å². The summed E-state index contributed by atoms with van der Waals surface area (Å²) in [5.41, 5.74) is 0.0424. The lowest BCUT2D eigenvalue weighted by atomic mass is 10.3. The van der Waals surface area contributed by atoms with Gasteiger partial charge >= 0.3 is 0 Å². The Morgan fingerprint density at radius 2 is 2.19 bits per heavy atom. The van der Waals surface area contributed by atoms with Crippen molar-refractivity contribution in [2.24, 2.45) is 5.92 Å². The van der Waals surface area contributed by atoms with Crippen molar-refractivity contribution in [2.75, 3.05) is 11.9 Å². The van der Waals surface area contributed by atoms with Crippen molar-refractivity contribution < 1.29 is 0 Å². The van der Waals surface area contributed by atoms with E-state index in [9.17, 15) is 4.79 Å². The van der Waals surface area contributed by atoms with Gasteiger partial charge in [-0.05, 0) is 25.2 Å². The van der Waals surface area contributed by atoms with Gasteiger partial charge in [-0.1, -0.05) is 12.8 Å². The van der Waals surface area contributed by atoms with E-state index < -0.39 is 0 Å². The highest BCUT2D eigenvalue weighted by Crippen LogP contribution is 2.33. The van der Waals surface area contributed by atoms with Crippen molar-refractivity contribution in [1.82, 2.24) is 9.55 Å². The highest BCUT2D eigenvalue weighted by atomic mass is 16.1. The fraction of sp³-hybridized carbons (Fsp3) is 0.667. The average molecular weight is 219 g/mol. The molecule has 2 aliphatic carbocycles. The summed E-state index contributed by atoms with van der Waals surface area (Å²) in [5, 5.41) is 3.16. The molecule has 0 amide bonds. The molecule has 0 aliphatic heterocycles. The van der Waals surface area contributed by atoms with Crippen LogP contribution in [0.4, 0.5) is 5.82 Å². The zero-order valence-corrected chi connectivity index (χ0v) is 9.35. The Morgan fingerprint density at radius 3 is 2.88 bits per heavy atom. The monoisotopic (exact) mass is 219 g/mol. The average Bonchev–Trinajstić information content (AvgIpc) is 3.15. The topological polar surface area (TPSA) is 46.9 Å². The van der Waals surface area contributed by atoms with Crippen LogP contribution < -0.4 is 10.9 Å². The van der Waals surface area contributed by atoms with E-state index in [4.69, 9.17) is 0 Å². The number of rotatable bonds is 5. The second-order valence-electron chi connectivity index (χ2n) is 4.88. The Hall–Kier alpha value is -1.32. The van der Waals surface area contributed by atoms with E-state index in [-0.39, 0.29) is 5.56 Å². The SMILES string of the molecule is O=c1c(NCCC2CC2)nccn1C1CC1. The van der Waals surface area contributed by atoms with Crippen molar-refractivity contribution in [2.45, 2.75) is 38.1 Å². The van der Waals surface area contributed by atoms with Crippen molar-refractivity contribution >= 4 is 5.82 Å². The number of aromatic nitrogens is 2. The summed E-state index contributed by atoms with van der Waals surface area (Å²) in [6.07, 6.45) is 9.66. The van der Waals surface area contributed by atoms with Gasteiger partial charge in [-0.3, -0.25) is 4.79 Å². The molecule has 0 aromatic carbocycles. The van der Waals surface area contributed by atoms with Crippen LogP contribution in [0.2, 0.25) is 0 Å². The van der Waals surface area contributed by atoms with Gasteiger partial charge in [0.1, 0.15) is 0 Å². The highest BCUT2D eigenvalue weighted by Gasteiger charge is 2.25. The Balaban J connectivity index is 1.67. The van der Waals surface area contributed by atoms with Crippen LogP contribution in [0, 0.1) is 5.92 Å². The predicted molar refractivity (Wildman–Crippen MR) is 62.6 cm³/mol. The second-order valence-corrected chi connectivity index (χ2v) is 4.88. The highest BCUT2D eigenvalue weighted by molar-refractivity contribution is 5.31.